The van der Waals surface area contributed by atoms with Gasteiger partial charge in [0.15, 0.2) is 0 Å². The van der Waals surface area contributed by atoms with E-state index < -0.39 is 0 Å². The van der Waals surface area contributed by atoms with E-state index in [9.17, 15) is 9.90 Å². The number of likely N-dealkylation sites (tertiary alicyclic amines) is 1. The molecule has 140 valence electrons. The van der Waals surface area contributed by atoms with Crippen LogP contribution in [0.3, 0.4) is 0 Å². The molecule has 2 N–H and O–H groups in total. The van der Waals surface area contributed by atoms with Crippen molar-refractivity contribution >= 4 is 5.91 Å². The minimum absolute atomic E-state index is 0.0762. The summed E-state index contributed by atoms with van der Waals surface area (Å²) in [5.41, 5.74) is 1.68. The van der Waals surface area contributed by atoms with E-state index >= 15 is 0 Å². The number of nitrogens with one attached hydrogen (secondary N) is 1. The Kier molecular flexibility index (Phi) is 6.30. The number of benzene rings is 1. The lowest BCUT2D eigenvalue weighted by atomic mass is 10.0. The third-order valence-corrected chi connectivity index (χ3v) is 4.90. The van der Waals surface area contributed by atoms with Crippen molar-refractivity contribution in [2.45, 2.75) is 38.8 Å². The zero-order valence-electron chi connectivity index (χ0n) is 15.1. The number of carbonyl (C=O) groups excluding carboxylic acids is 1. The average molecular weight is 358 g/mol. The monoisotopic (exact) mass is 358 g/mol. The van der Waals surface area contributed by atoms with Crippen LogP contribution in [0.15, 0.2) is 24.3 Å². The molecule has 1 aromatic heterocycles. The zero-order valence-corrected chi connectivity index (χ0v) is 15.1. The molecule has 0 unspecified atom stereocenters. The van der Waals surface area contributed by atoms with Crippen LogP contribution in [-0.2, 0) is 6.54 Å². The number of aliphatic hydroxyl groups excluding tert-OH is 1. The van der Waals surface area contributed by atoms with Crippen molar-refractivity contribution in [2.24, 2.45) is 0 Å². The van der Waals surface area contributed by atoms with Crippen molar-refractivity contribution in [1.29, 1.82) is 0 Å². The molecule has 0 aliphatic carbocycles. The summed E-state index contributed by atoms with van der Waals surface area (Å²) in [6, 6.07) is 7.71. The van der Waals surface area contributed by atoms with Crippen LogP contribution in [0, 0.1) is 6.92 Å². The van der Waals surface area contributed by atoms with E-state index in [1.165, 1.54) is 6.42 Å². The maximum Gasteiger partial charge on any atom is 0.251 e. The van der Waals surface area contributed by atoms with Crippen molar-refractivity contribution in [1.82, 2.24) is 30.4 Å². The van der Waals surface area contributed by atoms with Gasteiger partial charge in [0.05, 0.1) is 13.2 Å². The van der Waals surface area contributed by atoms with Gasteiger partial charge in [0.1, 0.15) is 5.82 Å². The summed E-state index contributed by atoms with van der Waals surface area (Å²) in [5.74, 6) is 0.679. The maximum atomic E-state index is 12.3. The van der Waals surface area contributed by atoms with Crippen LogP contribution in [-0.4, -0.2) is 68.4 Å². The highest BCUT2D eigenvalue weighted by molar-refractivity contribution is 5.94. The molecule has 0 saturated carbocycles. The minimum Gasteiger partial charge on any atom is -0.395 e. The Morgan fingerprint density at radius 3 is 2.81 bits per heavy atom. The number of piperidine rings is 1. The van der Waals surface area contributed by atoms with E-state index in [4.69, 9.17) is 0 Å². The number of hydrogen-bond acceptors (Lipinski definition) is 6. The molecule has 1 fully saturated rings. The van der Waals surface area contributed by atoms with Gasteiger partial charge >= 0.3 is 0 Å². The molecule has 26 heavy (non-hydrogen) atoms. The highest BCUT2D eigenvalue weighted by atomic mass is 16.3. The largest absolute Gasteiger partial charge is 0.395 e. The molecule has 1 aliphatic heterocycles. The molecule has 1 aliphatic rings. The average Bonchev–Trinajstić information content (AvgIpc) is 3.07. The summed E-state index contributed by atoms with van der Waals surface area (Å²) in [6.07, 6.45) is 3.37. The van der Waals surface area contributed by atoms with Gasteiger partial charge in [-0.25, -0.2) is 4.68 Å². The SMILES string of the molecule is Cc1nnnn1Cc1ccc(C(=O)NCCN2CCCC[C@@H]2CO)cc1. The van der Waals surface area contributed by atoms with Crippen LogP contribution in [0.25, 0.3) is 0 Å². The highest BCUT2D eigenvalue weighted by Crippen LogP contribution is 2.15. The summed E-state index contributed by atoms with van der Waals surface area (Å²) in [4.78, 5) is 14.6. The molecule has 0 bridgehead atoms. The summed E-state index contributed by atoms with van der Waals surface area (Å²) < 4.78 is 1.71. The summed E-state index contributed by atoms with van der Waals surface area (Å²) >= 11 is 0. The van der Waals surface area contributed by atoms with Crippen LogP contribution in [0.4, 0.5) is 0 Å². The van der Waals surface area contributed by atoms with Crippen LogP contribution < -0.4 is 5.32 Å². The van der Waals surface area contributed by atoms with E-state index in [1.54, 1.807) is 4.68 Å². The van der Waals surface area contributed by atoms with Gasteiger partial charge in [-0.05, 0) is 54.4 Å². The number of tetrazole rings is 1. The number of aromatic nitrogens is 4. The number of rotatable bonds is 7. The van der Waals surface area contributed by atoms with Crippen LogP contribution >= 0.6 is 0 Å². The summed E-state index contributed by atoms with van der Waals surface area (Å²) in [5, 5.41) is 23.8. The number of aryl methyl sites for hydroxylation is 1. The normalized spacial score (nSPS) is 18.0. The van der Waals surface area contributed by atoms with Crippen LogP contribution in [0.2, 0.25) is 0 Å². The Bertz CT molecular complexity index is 715. The van der Waals surface area contributed by atoms with Gasteiger partial charge in [-0.1, -0.05) is 18.6 Å². The molecular weight excluding hydrogens is 332 g/mol. The molecule has 3 rings (SSSR count). The van der Waals surface area contributed by atoms with Gasteiger partial charge in [0.2, 0.25) is 0 Å². The molecule has 8 heteroatoms. The number of nitrogens with zero attached hydrogens (tertiary/aromatic N) is 5. The molecule has 2 aromatic rings. The standard InChI is InChI=1S/C18H26N6O2/c1-14-20-21-22-24(14)12-15-5-7-16(8-6-15)18(26)19-9-11-23-10-3-2-4-17(23)13-25/h5-8,17,25H,2-4,9-13H2,1H3,(H,19,26)/t17-/m1/s1. The summed E-state index contributed by atoms with van der Waals surface area (Å²) in [6.45, 7) is 4.97. The fraction of sp³-hybridized carbons (Fsp3) is 0.556. The fourth-order valence-corrected chi connectivity index (χ4v) is 3.31. The molecule has 0 spiro atoms. The molecule has 0 radical (unpaired) electrons. The topological polar surface area (TPSA) is 96.2 Å². The van der Waals surface area contributed by atoms with Gasteiger partial charge in [-0.15, -0.1) is 5.10 Å². The van der Waals surface area contributed by atoms with Gasteiger partial charge in [0.25, 0.3) is 5.91 Å². The Morgan fingerprint density at radius 1 is 1.31 bits per heavy atom. The molecule has 8 nitrogen and oxygen atoms in total. The van der Waals surface area contributed by atoms with Gasteiger partial charge in [0, 0.05) is 24.7 Å². The molecule has 1 aromatic carbocycles. The van der Waals surface area contributed by atoms with Gasteiger partial charge in [-0.2, -0.15) is 0 Å². The first-order valence-electron chi connectivity index (χ1n) is 9.12. The number of hydrogen-bond donors (Lipinski definition) is 2. The third kappa shape index (κ3) is 4.64. The maximum absolute atomic E-state index is 12.3. The first-order valence-corrected chi connectivity index (χ1v) is 9.12. The Morgan fingerprint density at radius 2 is 2.12 bits per heavy atom. The Labute approximate surface area is 153 Å². The lowest BCUT2D eigenvalue weighted by Crippen LogP contribution is -2.45. The second-order valence-electron chi connectivity index (χ2n) is 6.70. The fourth-order valence-electron chi connectivity index (χ4n) is 3.31. The Hall–Kier alpha value is -2.32. The van der Waals surface area contributed by atoms with E-state index in [0.717, 1.165) is 37.3 Å². The second kappa shape index (κ2) is 8.86. The van der Waals surface area contributed by atoms with E-state index in [2.05, 4.69) is 25.7 Å². The molecule has 1 saturated heterocycles. The van der Waals surface area contributed by atoms with Crippen molar-refractivity contribution in [3.63, 3.8) is 0 Å². The number of aliphatic hydroxyl groups is 1. The van der Waals surface area contributed by atoms with Crippen LogP contribution in [0.5, 0.6) is 0 Å². The van der Waals surface area contributed by atoms with E-state index in [1.807, 2.05) is 31.2 Å². The third-order valence-electron chi connectivity index (χ3n) is 4.90. The van der Waals surface area contributed by atoms with Crippen molar-refractivity contribution in [3.8, 4) is 0 Å². The van der Waals surface area contributed by atoms with Crippen molar-refractivity contribution < 1.29 is 9.90 Å². The van der Waals surface area contributed by atoms with Crippen molar-refractivity contribution in [2.75, 3.05) is 26.2 Å². The molecule has 1 atom stereocenters. The van der Waals surface area contributed by atoms with Gasteiger partial charge < -0.3 is 10.4 Å². The predicted octanol–water partition coefficient (Wildman–Crippen LogP) is 0.606. The first kappa shape index (κ1) is 18.5. The highest BCUT2D eigenvalue weighted by Gasteiger charge is 2.21. The second-order valence-corrected chi connectivity index (χ2v) is 6.70. The Balaban J connectivity index is 1.48. The molecule has 2 heterocycles. The molecular formula is C18H26N6O2. The zero-order chi connectivity index (χ0) is 18.4. The smallest absolute Gasteiger partial charge is 0.251 e. The number of amides is 1. The van der Waals surface area contributed by atoms with E-state index in [-0.39, 0.29) is 18.6 Å². The van der Waals surface area contributed by atoms with Crippen molar-refractivity contribution in [3.05, 3.63) is 41.2 Å². The van der Waals surface area contributed by atoms with E-state index in [0.29, 0.717) is 18.7 Å². The predicted molar refractivity (Wildman–Crippen MR) is 96.7 cm³/mol. The summed E-state index contributed by atoms with van der Waals surface area (Å²) in [7, 11) is 0. The quantitative estimate of drug-likeness (QED) is 0.753. The van der Waals surface area contributed by atoms with Crippen LogP contribution in [0.1, 0.15) is 41.0 Å². The number of carbonyl (C=O) groups is 1. The van der Waals surface area contributed by atoms with Gasteiger partial charge in [-0.3, -0.25) is 9.69 Å². The molecule has 1 amide bonds. The minimum atomic E-state index is -0.0762. The first-order chi connectivity index (χ1) is 12.7. The lowest BCUT2D eigenvalue weighted by Gasteiger charge is -2.34. The lowest BCUT2D eigenvalue weighted by molar-refractivity contribution is 0.0849.